The SMILES string of the molecule is CON(C)S(=O)(=O)c1ccc(NS(=O)(=O)C2=Cc3ccccc3CC2)cc1. The molecule has 0 aliphatic heterocycles. The number of hydrogen-bond donors (Lipinski definition) is 1. The number of nitrogens with one attached hydrogen (secondary N) is 1. The Morgan fingerprint density at radius 3 is 2.30 bits per heavy atom. The first-order valence-corrected chi connectivity index (χ1v) is 11.1. The van der Waals surface area contributed by atoms with Crippen molar-refractivity contribution in [3.05, 3.63) is 64.6 Å². The summed E-state index contributed by atoms with van der Waals surface area (Å²) in [4.78, 5) is 5.02. The Labute approximate surface area is 159 Å². The normalized spacial score (nSPS) is 14.6. The van der Waals surface area contributed by atoms with Crippen LogP contribution >= 0.6 is 0 Å². The van der Waals surface area contributed by atoms with Gasteiger partial charge in [0.05, 0.1) is 16.9 Å². The highest BCUT2D eigenvalue weighted by Crippen LogP contribution is 2.28. The summed E-state index contributed by atoms with van der Waals surface area (Å²) in [6.45, 7) is 0. The van der Waals surface area contributed by atoms with E-state index in [1.54, 1.807) is 6.08 Å². The number of hydrogen-bond acceptors (Lipinski definition) is 5. The maximum absolute atomic E-state index is 12.7. The van der Waals surface area contributed by atoms with Gasteiger partial charge in [-0.3, -0.25) is 9.56 Å². The third kappa shape index (κ3) is 4.06. The molecule has 7 nitrogen and oxygen atoms in total. The Kier molecular flexibility index (Phi) is 5.38. The molecule has 0 bridgehead atoms. The number of nitrogens with zero attached hydrogens (tertiary/aromatic N) is 1. The van der Waals surface area contributed by atoms with Gasteiger partial charge in [0.1, 0.15) is 0 Å². The molecule has 0 aromatic heterocycles. The molecule has 0 atom stereocenters. The highest BCUT2D eigenvalue weighted by molar-refractivity contribution is 7.96. The number of benzene rings is 2. The molecule has 9 heteroatoms. The molecular weight excluding hydrogens is 388 g/mol. The predicted octanol–water partition coefficient (Wildman–Crippen LogP) is 2.60. The van der Waals surface area contributed by atoms with Gasteiger partial charge in [-0.2, -0.15) is 0 Å². The van der Waals surface area contributed by atoms with Crippen molar-refractivity contribution in [2.45, 2.75) is 17.7 Å². The van der Waals surface area contributed by atoms with E-state index in [9.17, 15) is 16.8 Å². The fourth-order valence-electron chi connectivity index (χ4n) is 2.78. The van der Waals surface area contributed by atoms with Crippen molar-refractivity contribution < 1.29 is 21.7 Å². The number of sulfonamides is 2. The molecule has 2 aromatic rings. The second-order valence-electron chi connectivity index (χ2n) is 6.04. The maximum Gasteiger partial charge on any atom is 0.264 e. The summed E-state index contributed by atoms with van der Waals surface area (Å²) in [6, 6.07) is 13.1. The highest BCUT2D eigenvalue weighted by atomic mass is 32.2. The summed E-state index contributed by atoms with van der Waals surface area (Å²) in [7, 11) is -4.98. The van der Waals surface area contributed by atoms with Gasteiger partial charge >= 0.3 is 0 Å². The molecule has 27 heavy (non-hydrogen) atoms. The fourth-order valence-corrected chi connectivity index (χ4v) is 4.98. The lowest BCUT2D eigenvalue weighted by atomic mass is 9.98. The van der Waals surface area contributed by atoms with Gasteiger partial charge in [0, 0.05) is 12.7 Å². The molecular formula is C18H20N2O5S2. The third-order valence-corrected chi connectivity index (χ3v) is 7.57. The van der Waals surface area contributed by atoms with Crippen molar-refractivity contribution in [3.63, 3.8) is 0 Å². The molecule has 0 fully saturated rings. The van der Waals surface area contributed by atoms with Crippen LogP contribution in [0.1, 0.15) is 17.5 Å². The maximum atomic E-state index is 12.7. The first-order valence-electron chi connectivity index (χ1n) is 8.18. The number of hydroxylamine groups is 1. The molecule has 144 valence electrons. The van der Waals surface area contributed by atoms with Gasteiger partial charge in [-0.05, 0) is 54.3 Å². The van der Waals surface area contributed by atoms with Crippen molar-refractivity contribution in [1.29, 1.82) is 0 Å². The topological polar surface area (TPSA) is 92.8 Å². The van der Waals surface area contributed by atoms with E-state index in [-0.39, 0.29) is 10.6 Å². The van der Waals surface area contributed by atoms with Crippen LogP contribution in [0.4, 0.5) is 5.69 Å². The monoisotopic (exact) mass is 408 g/mol. The summed E-state index contributed by atoms with van der Waals surface area (Å²) < 4.78 is 52.9. The lowest BCUT2D eigenvalue weighted by molar-refractivity contribution is -0.0258. The molecule has 0 radical (unpaired) electrons. The van der Waals surface area contributed by atoms with Gasteiger partial charge in [-0.1, -0.05) is 28.7 Å². The van der Waals surface area contributed by atoms with Crippen LogP contribution in [0, 0.1) is 0 Å². The largest absolute Gasteiger partial charge is 0.288 e. The van der Waals surface area contributed by atoms with Crippen LogP contribution in [0.3, 0.4) is 0 Å². The molecule has 0 heterocycles. The van der Waals surface area contributed by atoms with Crippen LogP contribution in [0.2, 0.25) is 0 Å². The first-order chi connectivity index (χ1) is 12.7. The highest BCUT2D eigenvalue weighted by Gasteiger charge is 2.23. The second kappa shape index (κ2) is 7.43. The van der Waals surface area contributed by atoms with Crippen LogP contribution in [0.15, 0.2) is 58.3 Å². The molecule has 1 aliphatic carbocycles. The van der Waals surface area contributed by atoms with Crippen LogP contribution in [-0.2, 0) is 31.3 Å². The molecule has 0 amide bonds. The van der Waals surface area contributed by atoms with E-state index >= 15 is 0 Å². The Bertz CT molecular complexity index is 1070. The molecule has 0 saturated carbocycles. The Balaban J connectivity index is 1.82. The Morgan fingerprint density at radius 2 is 1.63 bits per heavy atom. The number of fused-ring (bicyclic) bond motifs is 1. The van der Waals surface area contributed by atoms with Crippen molar-refractivity contribution >= 4 is 31.8 Å². The van der Waals surface area contributed by atoms with Crippen LogP contribution < -0.4 is 4.72 Å². The summed E-state index contributed by atoms with van der Waals surface area (Å²) >= 11 is 0. The smallest absolute Gasteiger partial charge is 0.264 e. The molecule has 2 aromatic carbocycles. The zero-order valence-corrected chi connectivity index (χ0v) is 16.5. The fraction of sp³-hybridized carbons (Fsp3) is 0.222. The second-order valence-corrected chi connectivity index (χ2v) is 9.71. The molecule has 1 N–H and O–H groups in total. The van der Waals surface area contributed by atoms with Crippen molar-refractivity contribution in [2.75, 3.05) is 18.9 Å². The zero-order valence-electron chi connectivity index (χ0n) is 14.9. The average Bonchev–Trinajstić information content (AvgIpc) is 2.67. The number of allylic oxidation sites excluding steroid dienone is 1. The number of rotatable bonds is 6. The number of aryl methyl sites for hydroxylation is 1. The van der Waals surface area contributed by atoms with E-state index in [0.717, 1.165) is 15.6 Å². The lowest BCUT2D eigenvalue weighted by Gasteiger charge is -2.18. The summed E-state index contributed by atoms with van der Waals surface area (Å²) in [5.41, 5.74) is 2.30. The van der Waals surface area contributed by atoms with E-state index in [1.165, 1.54) is 38.4 Å². The molecule has 0 spiro atoms. The lowest BCUT2D eigenvalue weighted by Crippen LogP contribution is -2.25. The van der Waals surface area contributed by atoms with Crippen molar-refractivity contribution in [1.82, 2.24) is 4.47 Å². The predicted molar refractivity (Wildman–Crippen MR) is 104 cm³/mol. The third-order valence-electron chi connectivity index (χ3n) is 4.36. The van der Waals surface area contributed by atoms with Gasteiger partial charge in [-0.25, -0.2) is 16.8 Å². The standard InChI is InChI=1S/C18H20N2O5S2/c1-20(25-2)27(23,24)17-11-8-16(9-12-17)19-26(21,22)18-10-7-14-5-3-4-6-15(14)13-18/h3-6,8-9,11-13,19H,7,10H2,1-2H3. The van der Waals surface area contributed by atoms with E-state index in [0.29, 0.717) is 17.7 Å². The van der Waals surface area contributed by atoms with Crippen molar-refractivity contribution in [2.24, 2.45) is 0 Å². The zero-order chi connectivity index (χ0) is 19.7. The van der Waals surface area contributed by atoms with E-state index in [4.69, 9.17) is 4.84 Å². The Hall–Kier alpha value is -2.20. The van der Waals surface area contributed by atoms with Gasteiger partial charge in [-0.15, -0.1) is 0 Å². The van der Waals surface area contributed by atoms with Gasteiger partial charge in [0.25, 0.3) is 20.0 Å². The van der Waals surface area contributed by atoms with Crippen LogP contribution in [0.5, 0.6) is 0 Å². The Morgan fingerprint density at radius 1 is 0.963 bits per heavy atom. The molecule has 0 saturated heterocycles. The summed E-state index contributed by atoms with van der Waals surface area (Å²) in [5.74, 6) is 0. The minimum Gasteiger partial charge on any atom is -0.288 e. The minimum absolute atomic E-state index is 0.000562. The van der Waals surface area contributed by atoms with Gasteiger partial charge in [0.15, 0.2) is 0 Å². The minimum atomic E-state index is -3.78. The van der Waals surface area contributed by atoms with E-state index in [2.05, 4.69) is 4.72 Å². The van der Waals surface area contributed by atoms with Gasteiger partial charge < -0.3 is 0 Å². The van der Waals surface area contributed by atoms with E-state index in [1.807, 2.05) is 24.3 Å². The first kappa shape index (κ1) is 19.6. The molecule has 1 aliphatic rings. The van der Waals surface area contributed by atoms with Crippen molar-refractivity contribution in [3.8, 4) is 0 Å². The van der Waals surface area contributed by atoms with Crippen LogP contribution in [-0.4, -0.2) is 35.5 Å². The average molecular weight is 409 g/mol. The molecule has 0 unspecified atom stereocenters. The quantitative estimate of drug-likeness (QED) is 0.742. The number of anilines is 1. The van der Waals surface area contributed by atoms with Gasteiger partial charge in [0.2, 0.25) is 0 Å². The van der Waals surface area contributed by atoms with Crippen LogP contribution in [0.25, 0.3) is 6.08 Å². The summed E-state index contributed by atoms with van der Waals surface area (Å²) in [6.07, 6.45) is 2.74. The molecule has 3 rings (SSSR count). The van der Waals surface area contributed by atoms with E-state index < -0.39 is 20.0 Å². The summed E-state index contributed by atoms with van der Waals surface area (Å²) in [5, 5.41) is 0.